The standard InChI is InChI=1S/C20H25F2N3O3S/c1-14(2)13-28-16-7-9-25(10-8-16)20-6-4-17(12-23-20)29(26,27)24-15-3-5-18(21)19(22)11-15/h3-6,11-12,14,16,24H,7-10,13H2,1-2H3. The zero-order chi connectivity index (χ0) is 21.0. The van der Waals surface area contributed by atoms with Gasteiger partial charge >= 0.3 is 0 Å². The smallest absolute Gasteiger partial charge is 0.263 e. The molecular weight excluding hydrogens is 400 g/mol. The Labute approximate surface area is 170 Å². The van der Waals surface area contributed by atoms with Crippen LogP contribution in [0.5, 0.6) is 0 Å². The number of rotatable bonds is 7. The minimum absolute atomic E-state index is 0.0545. The molecule has 0 atom stereocenters. The average molecular weight is 426 g/mol. The highest BCUT2D eigenvalue weighted by molar-refractivity contribution is 7.92. The summed E-state index contributed by atoms with van der Waals surface area (Å²) in [6, 6.07) is 5.91. The van der Waals surface area contributed by atoms with Gasteiger partial charge in [-0.1, -0.05) is 13.8 Å². The second kappa shape index (κ2) is 9.04. The molecule has 0 aliphatic carbocycles. The monoisotopic (exact) mass is 425 g/mol. The molecule has 0 bridgehead atoms. The van der Waals surface area contributed by atoms with Crippen molar-refractivity contribution in [2.45, 2.75) is 37.7 Å². The van der Waals surface area contributed by atoms with E-state index in [2.05, 4.69) is 28.5 Å². The minimum atomic E-state index is -3.95. The number of hydrogen-bond donors (Lipinski definition) is 1. The Bertz CT molecular complexity index is 928. The van der Waals surface area contributed by atoms with E-state index >= 15 is 0 Å². The summed E-state index contributed by atoms with van der Waals surface area (Å²) in [5.41, 5.74) is -0.0588. The fourth-order valence-corrected chi connectivity index (χ4v) is 4.07. The molecule has 6 nitrogen and oxygen atoms in total. The third-order valence-electron chi connectivity index (χ3n) is 4.63. The molecule has 1 saturated heterocycles. The third kappa shape index (κ3) is 5.63. The lowest BCUT2D eigenvalue weighted by atomic mass is 10.1. The molecule has 1 aromatic carbocycles. The Morgan fingerprint density at radius 2 is 1.90 bits per heavy atom. The van der Waals surface area contributed by atoms with Crippen molar-refractivity contribution in [2.24, 2.45) is 5.92 Å². The molecular formula is C20H25F2N3O3S. The number of sulfonamides is 1. The molecule has 1 aromatic heterocycles. The number of nitrogens with zero attached hydrogens (tertiary/aromatic N) is 2. The third-order valence-corrected chi connectivity index (χ3v) is 6.00. The summed E-state index contributed by atoms with van der Waals surface area (Å²) in [4.78, 5) is 6.31. The number of ether oxygens (including phenoxy) is 1. The van der Waals surface area contributed by atoms with Crippen LogP contribution in [0.2, 0.25) is 0 Å². The number of pyridine rings is 1. The van der Waals surface area contributed by atoms with Crippen LogP contribution in [0.4, 0.5) is 20.3 Å². The maximum atomic E-state index is 13.3. The summed E-state index contributed by atoms with van der Waals surface area (Å²) in [5, 5.41) is 0. The van der Waals surface area contributed by atoms with E-state index in [4.69, 9.17) is 4.74 Å². The molecule has 1 aliphatic rings. The molecule has 0 spiro atoms. The first-order chi connectivity index (χ1) is 13.7. The molecule has 1 N–H and O–H groups in total. The zero-order valence-corrected chi connectivity index (χ0v) is 17.3. The van der Waals surface area contributed by atoms with Crippen molar-refractivity contribution in [3.05, 3.63) is 48.2 Å². The van der Waals surface area contributed by atoms with E-state index in [9.17, 15) is 17.2 Å². The van der Waals surface area contributed by atoms with Gasteiger partial charge < -0.3 is 9.64 Å². The highest BCUT2D eigenvalue weighted by atomic mass is 32.2. The largest absolute Gasteiger partial charge is 0.378 e. The van der Waals surface area contributed by atoms with E-state index in [1.807, 2.05) is 0 Å². The number of benzene rings is 1. The summed E-state index contributed by atoms with van der Waals surface area (Å²) < 4.78 is 59.3. The first kappa shape index (κ1) is 21.4. The minimum Gasteiger partial charge on any atom is -0.378 e. The number of nitrogens with one attached hydrogen (secondary N) is 1. The highest BCUT2D eigenvalue weighted by Gasteiger charge is 2.22. The molecule has 0 radical (unpaired) electrons. The Balaban J connectivity index is 1.61. The maximum absolute atomic E-state index is 13.3. The lowest BCUT2D eigenvalue weighted by Gasteiger charge is -2.33. The second-order valence-corrected chi connectivity index (χ2v) is 9.18. The van der Waals surface area contributed by atoms with Crippen LogP contribution in [0.1, 0.15) is 26.7 Å². The molecule has 9 heteroatoms. The first-order valence-corrected chi connectivity index (χ1v) is 11.0. The second-order valence-electron chi connectivity index (χ2n) is 7.50. The molecule has 0 saturated carbocycles. The van der Waals surface area contributed by atoms with E-state index in [-0.39, 0.29) is 16.7 Å². The molecule has 0 amide bonds. The highest BCUT2D eigenvalue weighted by Crippen LogP contribution is 2.23. The molecule has 3 rings (SSSR count). The van der Waals surface area contributed by atoms with Gasteiger partial charge in [-0.05, 0) is 43.0 Å². The average Bonchev–Trinajstić information content (AvgIpc) is 2.69. The molecule has 1 fully saturated rings. The Morgan fingerprint density at radius 3 is 2.48 bits per heavy atom. The summed E-state index contributed by atoms with van der Waals surface area (Å²) >= 11 is 0. The van der Waals surface area contributed by atoms with E-state index in [0.29, 0.717) is 11.7 Å². The fraction of sp³-hybridized carbons (Fsp3) is 0.450. The normalized spacial score (nSPS) is 15.7. The summed E-state index contributed by atoms with van der Waals surface area (Å²) in [6.45, 7) is 6.57. The number of anilines is 2. The number of hydrogen-bond acceptors (Lipinski definition) is 5. The lowest BCUT2D eigenvalue weighted by Crippen LogP contribution is -2.37. The molecule has 2 heterocycles. The Morgan fingerprint density at radius 1 is 1.17 bits per heavy atom. The van der Waals surface area contributed by atoms with Crippen LogP contribution in [-0.4, -0.2) is 39.2 Å². The van der Waals surface area contributed by atoms with Gasteiger partial charge in [0, 0.05) is 32.0 Å². The number of halogens is 2. The van der Waals surface area contributed by atoms with Crippen LogP contribution in [-0.2, 0) is 14.8 Å². The fourth-order valence-electron chi connectivity index (χ4n) is 3.07. The van der Waals surface area contributed by atoms with Gasteiger partial charge in [0.05, 0.1) is 11.8 Å². The van der Waals surface area contributed by atoms with Gasteiger partial charge in [-0.2, -0.15) is 0 Å². The summed E-state index contributed by atoms with van der Waals surface area (Å²) in [6.07, 6.45) is 3.30. The van der Waals surface area contributed by atoms with Gasteiger partial charge in [-0.25, -0.2) is 22.2 Å². The van der Waals surface area contributed by atoms with Gasteiger partial charge in [0.1, 0.15) is 10.7 Å². The van der Waals surface area contributed by atoms with Crippen molar-refractivity contribution in [3.63, 3.8) is 0 Å². The van der Waals surface area contributed by atoms with Crippen LogP contribution in [0.25, 0.3) is 0 Å². The molecule has 158 valence electrons. The van der Waals surface area contributed by atoms with Crippen molar-refractivity contribution in [1.82, 2.24) is 4.98 Å². The van der Waals surface area contributed by atoms with E-state index < -0.39 is 21.7 Å². The van der Waals surface area contributed by atoms with Crippen LogP contribution in [0, 0.1) is 17.6 Å². The lowest BCUT2D eigenvalue weighted by molar-refractivity contribution is 0.0214. The zero-order valence-electron chi connectivity index (χ0n) is 16.4. The molecule has 1 aliphatic heterocycles. The summed E-state index contributed by atoms with van der Waals surface area (Å²) in [7, 11) is -3.95. The predicted molar refractivity (Wildman–Crippen MR) is 107 cm³/mol. The van der Waals surface area contributed by atoms with Gasteiger partial charge in [0.25, 0.3) is 10.0 Å². The molecule has 2 aromatic rings. The van der Waals surface area contributed by atoms with Crippen molar-refractivity contribution >= 4 is 21.5 Å². The SMILES string of the molecule is CC(C)COC1CCN(c2ccc(S(=O)(=O)Nc3ccc(F)c(F)c3)cn2)CC1. The Kier molecular flexibility index (Phi) is 6.69. The number of aromatic nitrogens is 1. The Hall–Kier alpha value is -2.26. The van der Waals surface area contributed by atoms with Crippen molar-refractivity contribution in [3.8, 4) is 0 Å². The van der Waals surface area contributed by atoms with E-state index in [1.165, 1.54) is 12.3 Å². The van der Waals surface area contributed by atoms with Gasteiger partial charge in [-0.3, -0.25) is 4.72 Å². The van der Waals surface area contributed by atoms with Gasteiger partial charge in [0.2, 0.25) is 0 Å². The van der Waals surface area contributed by atoms with Gasteiger partial charge in [-0.15, -0.1) is 0 Å². The van der Waals surface area contributed by atoms with Crippen LogP contribution in [0.3, 0.4) is 0 Å². The quantitative estimate of drug-likeness (QED) is 0.731. The van der Waals surface area contributed by atoms with Crippen LogP contribution < -0.4 is 9.62 Å². The predicted octanol–water partition coefficient (Wildman–Crippen LogP) is 3.80. The van der Waals surface area contributed by atoms with Crippen molar-refractivity contribution in [1.29, 1.82) is 0 Å². The van der Waals surface area contributed by atoms with Crippen LogP contribution >= 0.6 is 0 Å². The molecule has 0 unspecified atom stereocenters. The maximum Gasteiger partial charge on any atom is 0.263 e. The number of piperidine rings is 1. The van der Waals surface area contributed by atoms with Crippen LogP contribution in [0.15, 0.2) is 41.4 Å². The topological polar surface area (TPSA) is 71.5 Å². The van der Waals surface area contributed by atoms with E-state index in [1.54, 1.807) is 6.07 Å². The van der Waals surface area contributed by atoms with Crippen molar-refractivity contribution in [2.75, 3.05) is 29.3 Å². The first-order valence-electron chi connectivity index (χ1n) is 9.55. The van der Waals surface area contributed by atoms with E-state index in [0.717, 1.165) is 50.7 Å². The molecule has 29 heavy (non-hydrogen) atoms. The van der Waals surface area contributed by atoms with Gasteiger partial charge in [0.15, 0.2) is 11.6 Å². The summed E-state index contributed by atoms with van der Waals surface area (Å²) in [5.74, 6) is -0.972. The van der Waals surface area contributed by atoms with Crippen molar-refractivity contribution < 1.29 is 21.9 Å².